The maximum absolute atomic E-state index is 13.1. The predicted octanol–water partition coefficient (Wildman–Crippen LogP) is 1.85. The van der Waals surface area contributed by atoms with Gasteiger partial charge in [0.15, 0.2) is 17.6 Å². The minimum Gasteiger partial charge on any atom is -0.492 e. The van der Waals surface area contributed by atoms with Crippen molar-refractivity contribution in [3.63, 3.8) is 0 Å². The van der Waals surface area contributed by atoms with Gasteiger partial charge in [-0.05, 0) is 19.1 Å². The summed E-state index contributed by atoms with van der Waals surface area (Å²) in [5.41, 5.74) is 0. The van der Waals surface area contributed by atoms with E-state index in [-0.39, 0.29) is 24.0 Å². The molecule has 0 amide bonds. The van der Waals surface area contributed by atoms with Crippen LogP contribution in [0.15, 0.2) is 23.2 Å². The zero-order valence-corrected chi connectivity index (χ0v) is 17.3. The van der Waals surface area contributed by atoms with Crippen molar-refractivity contribution >= 4 is 29.9 Å². The van der Waals surface area contributed by atoms with Crippen LogP contribution in [-0.2, 0) is 4.74 Å². The van der Waals surface area contributed by atoms with Crippen molar-refractivity contribution in [3.05, 3.63) is 29.8 Å². The van der Waals surface area contributed by atoms with Gasteiger partial charge in [0.2, 0.25) is 0 Å². The highest BCUT2D eigenvalue weighted by Gasteiger charge is 2.09. The van der Waals surface area contributed by atoms with Crippen LogP contribution in [0.3, 0.4) is 0 Å². The molecule has 2 N–H and O–H groups in total. The maximum atomic E-state index is 13.1. The molecule has 1 saturated heterocycles. The van der Waals surface area contributed by atoms with Crippen LogP contribution in [0.1, 0.15) is 6.92 Å². The first-order chi connectivity index (χ1) is 12.2. The van der Waals surface area contributed by atoms with Gasteiger partial charge in [-0.2, -0.15) is 0 Å². The van der Waals surface area contributed by atoms with Crippen LogP contribution >= 0.6 is 24.0 Å². The summed E-state index contributed by atoms with van der Waals surface area (Å²) in [6, 6.07) is 3.49. The van der Waals surface area contributed by atoms with Crippen molar-refractivity contribution in [2.45, 2.75) is 6.92 Å². The first-order valence-electron chi connectivity index (χ1n) is 8.59. The number of ether oxygens (including phenoxy) is 2. The smallest absolute Gasteiger partial charge is 0.191 e. The summed E-state index contributed by atoms with van der Waals surface area (Å²) in [7, 11) is 0. The summed E-state index contributed by atoms with van der Waals surface area (Å²) >= 11 is 0. The molecule has 1 aromatic rings. The molecule has 1 heterocycles. The molecule has 1 fully saturated rings. The molecule has 0 saturated carbocycles. The molecular weight excluding hydrogens is 457 g/mol. The second kappa shape index (κ2) is 13.0. The van der Waals surface area contributed by atoms with Crippen LogP contribution in [0.25, 0.3) is 0 Å². The van der Waals surface area contributed by atoms with E-state index >= 15 is 0 Å². The van der Waals surface area contributed by atoms with Crippen LogP contribution in [0, 0.1) is 11.6 Å². The number of morpholine rings is 1. The first kappa shape index (κ1) is 22.8. The summed E-state index contributed by atoms with van der Waals surface area (Å²) in [5.74, 6) is -0.782. The molecule has 0 bridgehead atoms. The highest BCUT2D eigenvalue weighted by atomic mass is 127. The standard InChI is InChI=1S/C17H26F2N4O2.HI/c1-2-20-17(21-5-7-23-8-11-24-12-9-23)22-6-10-25-14-3-4-15(18)16(19)13-14;/h3-4,13H,2,5-12H2,1H3,(H2,20,21,22);1H. The number of hydrogen-bond donors (Lipinski definition) is 2. The lowest BCUT2D eigenvalue weighted by Crippen LogP contribution is -2.41. The molecule has 1 aliphatic heterocycles. The van der Waals surface area contributed by atoms with Crippen LogP contribution in [0.5, 0.6) is 5.75 Å². The molecule has 148 valence electrons. The number of nitrogens with one attached hydrogen (secondary N) is 2. The summed E-state index contributed by atoms with van der Waals surface area (Å²) in [6.07, 6.45) is 0. The van der Waals surface area contributed by atoms with Crippen molar-refractivity contribution in [1.82, 2.24) is 15.5 Å². The van der Waals surface area contributed by atoms with Crippen molar-refractivity contribution in [2.24, 2.45) is 4.99 Å². The summed E-state index contributed by atoms with van der Waals surface area (Å²) < 4.78 is 36.7. The highest BCUT2D eigenvalue weighted by molar-refractivity contribution is 14.0. The normalized spacial score (nSPS) is 15.3. The maximum Gasteiger partial charge on any atom is 0.191 e. The first-order valence-corrected chi connectivity index (χ1v) is 8.59. The third-order valence-electron chi connectivity index (χ3n) is 3.69. The van der Waals surface area contributed by atoms with Gasteiger partial charge in [0.1, 0.15) is 12.4 Å². The van der Waals surface area contributed by atoms with Gasteiger partial charge in [-0.25, -0.2) is 8.78 Å². The van der Waals surface area contributed by atoms with Crippen LogP contribution < -0.4 is 15.4 Å². The number of nitrogens with zero attached hydrogens (tertiary/aromatic N) is 2. The van der Waals surface area contributed by atoms with Crippen LogP contribution in [0.2, 0.25) is 0 Å². The van der Waals surface area contributed by atoms with Crippen LogP contribution in [0.4, 0.5) is 8.78 Å². The monoisotopic (exact) mass is 484 g/mol. The second-order valence-corrected chi connectivity index (χ2v) is 5.57. The fourth-order valence-electron chi connectivity index (χ4n) is 2.37. The van der Waals surface area contributed by atoms with Gasteiger partial charge in [-0.3, -0.25) is 9.89 Å². The highest BCUT2D eigenvalue weighted by Crippen LogP contribution is 2.14. The molecular formula is C17H27F2IN4O2. The molecule has 0 aliphatic carbocycles. The van der Waals surface area contributed by atoms with E-state index in [1.807, 2.05) is 6.92 Å². The Balaban J connectivity index is 0.00000338. The Morgan fingerprint density at radius 3 is 2.69 bits per heavy atom. The third kappa shape index (κ3) is 8.45. The Bertz CT molecular complexity index is 558. The van der Waals surface area contributed by atoms with Crippen molar-refractivity contribution in [3.8, 4) is 5.75 Å². The van der Waals surface area contributed by atoms with E-state index in [0.717, 1.165) is 51.5 Å². The Morgan fingerprint density at radius 2 is 2.00 bits per heavy atom. The molecule has 1 aromatic carbocycles. The molecule has 0 spiro atoms. The molecule has 6 nitrogen and oxygen atoms in total. The SMILES string of the molecule is CCNC(=NCCN1CCOCC1)NCCOc1ccc(F)c(F)c1.I. The molecule has 0 atom stereocenters. The number of rotatable bonds is 8. The lowest BCUT2D eigenvalue weighted by molar-refractivity contribution is 0.0394. The quantitative estimate of drug-likeness (QED) is 0.256. The zero-order valence-electron chi connectivity index (χ0n) is 15.0. The fourth-order valence-corrected chi connectivity index (χ4v) is 2.37. The third-order valence-corrected chi connectivity index (χ3v) is 3.69. The largest absolute Gasteiger partial charge is 0.492 e. The van der Waals surface area contributed by atoms with Crippen LogP contribution in [-0.4, -0.2) is 69.9 Å². The number of benzene rings is 1. The average molecular weight is 484 g/mol. The Labute approximate surface area is 170 Å². The average Bonchev–Trinajstić information content (AvgIpc) is 2.62. The van der Waals surface area contributed by atoms with E-state index in [1.54, 1.807) is 0 Å². The Morgan fingerprint density at radius 1 is 1.23 bits per heavy atom. The summed E-state index contributed by atoms with van der Waals surface area (Å²) in [4.78, 5) is 6.85. The van der Waals surface area contributed by atoms with Gasteiger partial charge >= 0.3 is 0 Å². The van der Waals surface area contributed by atoms with Crippen molar-refractivity contribution in [2.75, 3.05) is 59.1 Å². The van der Waals surface area contributed by atoms with E-state index in [2.05, 4.69) is 20.5 Å². The van der Waals surface area contributed by atoms with Gasteiger partial charge in [-0.15, -0.1) is 24.0 Å². The predicted molar refractivity (Wildman–Crippen MR) is 109 cm³/mol. The van der Waals surface area contributed by atoms with Crippen molar-refractivity contribution in [1.29, 1.82) is 0 Å². The second-order valence-electron chi connectivity index (χ2n) is 5.57. The molecule has 0 aromatic heterocycles. The molecule has 1 aliphatic rings. The molecule has 0 radical (unpaired) electrons. The van der Waals surface area contributed by atoms with E-state index in [4.69, 9.17) is 9.47 Å². The lowest BCUT2D eigenvalue weighted by Gasteiger charge is -2.25. The minimum absolute atomic E-state index is 0. The zero-order chi connectivity index (χ0) is 17.9. The van der Waals surface area contributed by atoms with E-state index < -0.39 is 11.6 Å². The Kier molecular flexibility index (Phi) is 11.5. The van der Waals surface area contributed by atoms with Gasteiger partial charge in [0.25, 0.3) is 0 Å². The topological polar surface area (TPSA) is 58.1 Å². The van der Waals surface area contributed by atoms with Gasteiger partial charge < -0.3 is 20.1 Å². The lowest BCUT2D eigenvalue weighted by atomic mass is 10.3. The number of halogens is 3. The molecule has 2 rings (SSSR count). The van der Waals surface area contributed by atoms with Gasteiger partial charge in [0, 0.05) is 32.2 Å². The summed E-state index contributed by atoms with van der Waals surface area (Å²) in [6.45, 7) is 8.62. The molecule has 9 heteroatoms. The van der Waals surface area contributed by atoms with E-state index in [0.29, 0.717) is 31.4 Å². The minimum atomic E-state index is -0.913. The number of hydrogen-bond acceptors (Lipinski definition) is 4. The van der Waals surface area contributed by atoms with Gasteiger partial charge in [0.05, 0.1) is 26.3 Å². The molecule has 26 heavy (non-hydrogen) atoms. The van der Waals surface area contributed by atoms with Crippen molar-refractivity contribution < 1.29 is 18.3 Å². The number of guanidine groups is 1. The fraction of sp³-hybridized carbons (Fsp3) is 0.588. The van der Waals surface area contributed by atoms with Gasteiger partial charge in [-0.1, -0.05) is 0 Å². The van der Waals surface area contributed by atoms with E-state index in [9.17, 15) is 8.78 Å². The molecule has 0 unspecified atom stereocenters. The number of aliphatic imine (C=N–C) groups is 1. The Hall–Kier alpha value is -1.20. The van der Waals surface area contributed by atoms with E-state index in [1.165, 1.54) is 6.07 Å². The summed E-state index contributed by atoms with van der Waals surface area (Å²) in [5, 5.41) is 6.32.